The minimum atomic E-state index is -1.04. The molecule has 5 heteroatoms. The molecule has 0 saturated carbocycles. The highest BCUT2D eigenvalue weighted by molar-refractivity contribution is 5.73. The number of anilines is 1. The molecular formula is C8H11N3O2. The average molecular weight is 181 g/mol. The van der Waals surface area contributed by atoms with E-state index in [1.165, 1.54) is 0 Å². The van der Waals surface area contributed by atoms with Gasteiger partial charge in [0.05, 0.1) is 0 Å². The van der Waals surface area contributed by atoms with E-state index in [1.54, 1.807) is 18.2 Å². The molecule has 0 aliphatic rings. The van der Waals surface area contributed by atoms with Crippen molar-refractivity contribution in [3.05, 3.63) is 23.9 Å². The molecule has 1 aromatic heterocycles. The van der Waals surface area contributed by atoms with Crippen LogP contribution >= 0.6 is 0 Å². The van der Waals surface area contributed by atoms with Crippen LogP contribution in [-0.2, 0) is 11.2 Å². The zero-order chi connectivity index (χ0) is 9.84. The van der Waals surface area contributed by atoms with Gasteiger partial charge in [-0.2, -0.15) is 0 Å². The lowest BCUT2D eigenvalue weighted by Gasteiger charge is -2.05. The van der Waals surface area contributed by atoms with Crippen molar-refractivity contribution in [1.29, 1.82) is 0 Å². The first kappa shape index (κ1) is 9.47. The summed E-state index contributed by atoms with van der Waals surface area (Å²) in [6.07, 6.45) is 0.195. The first-order valence-electron chi connectivity index (χ1n) is 3.79. The number of rotatable bonds is 3. The molecule has 5 N–H and O–H groups in total. The molecule has 1 aromatic rings. The quantitative estimate of drug-likeness (QED) is 0.589. The number of carboxylic acids is 1. The Morgan fingerprint density at radius 1 is 1.62 bits per heavy atom. The van der Waals surface area contributed by atoms with Crippen LogP contribution in [0.1, 0.15) is 5.69 Å². The number of hydrogen-bond donors (Lipinski definition) is 3. The molecule has 0 aliphatic carbocycles. The van der Waals surface area contributed by atoms with Crippen LogP contribution in [0, 0.1) is 0 Å². The highest BCUT2D eigenvalue weighted by atomic mass is 16.4. The Labute approximate surface area is 75.4 Å². The Balaban J connectivity index is 2.69. The van der Waals surface area contributed by atoms with Gasteiger partial charge in [-0.25, -0.2) is 4.98 Å². The van der Waals surface area contributed by atoms with Crippen molar-refractivity contribution in [3.8, 4) is 0 Å². The number of aliphatic carboxylic acids is 1. The molecule has 13 heavy (non-hydrogen) atoms. The van der Waals surface area contributed by atoms with Gasteiger partial charge in [0.25, 0.3) is 0 Å². The normalized spacial score (nSPS) is 12.4. The summed E-state index contributed by atoms with van der Waals surface area (Å²) in [6, 6.07) is 4.12. The first-order chi connectivity index (χ1) is 6.09. The zero-order valence-corrected chi connectivity index (χ0v) is 6.97. The van der Waals surface area contributed by atoms with Gasteiger partial charge in [-0.3, -0.25) is 4.79 Å². The Kier molecular flexibility index (Phi) is 2.81. The van der Waals surface area contributed by atoms with Crippen molar-refractivity contribution >= 4 is 11.8 Å². The summed E-state index contributed by atoms with van der Waals surface area (Å²) in [7, 11) is 0. The van der Waals surface area contributed by atoms with Gasteiger partial charge >= 0.3 is 5.97 Å². The molecule has 5 nitrogen and oxygen atoms in total. The van der Waals surface area contributed by atoms with E-state index in [0.29, 0.717) is 11.5 Å². The van der Waals surface area contributed by atoms with Crippen LogP contribution in [0.25, 0.3) is 0 Å². The van der Waals surface area contributed by atoms with Gasteiger partial charge in [-0.15, -0.1) is 0 Å². The molecule has 0 bridgehead atoms. The monoisotopic (exact) mass is 181 g/mol. The largest absolute Gasteiger partial charge is 0.480 e. The summed E-state index contributed by atoms with van der Waals surface area (Å²) >= 11 is 0. The Morgan fingerprint density at radius 2 is 2.31 bits per heavy atom. The van der Waals surface area contributed by atoms with Crippen LogP contribution in [-0.4, -0.2) is 22.1 Å². The van der Waals surface area contributed by atoms with E-state index in [4.69, 9.17) is 16.6 Å². The number of carbonyl (C=O) groups is 1. The van der Waals surface area contributed by atoms with E-state index in [-0.39, 0.29) is 6.42 Å². The van der Waals surface area contributed by atoms with Gasteiger partial charge in [-0.1, -0.05) is 6.07 Å². The third-order valence-electron chi connectivity index (χ3n) is 1.57. The number of hydrogen-bond acceptors (Lipinski definition) is 4. The lowest BCUT2D eigenvalue weighted by molar-refractivity contribution is -0.138. The third kappa shape index (κ3) is 2.72. The molecule has 0 spiro atoms. The highest BCUT2D eigenvalue weighted by Gasteiger charge is 2.12. The van der Waals surface area contributed by atoms with Gasteiger partial charge in [0.1, 0.15) is 11.9 Å². The summed E-state index contributed by atoms with van der Waals surface area (Å²) in [4.78, 5) is 14.3. The van der Waals surface area contributed by atoms with Crippen LogP contribution in [0.2, 0.25) is 0 Å². The molecule has 0 aromatic carbocycles. The smallest absolute Gasteiger partial charge is 0.320 e. The fraction of sp³-hybridized carbons (Fsp3) is 0.250. The molecule has 0 radical (unpaired) electrons. The van der Waals surface area contributed by atoms with E-state index in [9.17, 15) is 4.79 Å². The van der Waals surface area contributed by atoms with E-state index in [0.717, 1.165) is 0 Å². The molecule has 0 aliphatic heterocycles. The van der Waals surface area contributed by atoms with Crippen LogP contribution in [0.4, 0.5) is 5.82 Å². The predicted octanol–water partition coefficient (Wildman–Crippen LogP) is -0.382. The fourth-order valence-electron chi connectivity index (χ4n) is 0.924. The first-order valence-corrected chi connectivity index (χ1v) is 3.79. The number of nitrogens with two attached hydrogens (primary N) is 2. The Morgan fingerprint density at radius 3 is 2.85 bits per heavy atom. The molecule has 0 amide bonds. The Hall–Kier alpha value is -1.62. The van der Waals surface area contributed by atoms with E-state index in [2.05, 4.69) is 4.98 Å². The lowest BCUT2D eigenvalue weighted by atomic mass is 10.1. The standard InChI is InChI=1S/C8H11N3O2/c9-6(8(12)13)4-5-2-1-3-7(10)11-5/h1-3,6H,4,9H2,(H2,10,11)(H,12,13)/t6-/m1/s1. The number of nitrogens with zero attached hydrogens (tertiary/aromatic N) is 1. The zero-order valence-electron chi connectivity index (χ0n) is 6.97. The van der Waals surface area contributed by atoms with Crippen molar-refractivity contribution in [2.45, 2.75) is 12.5 Å². The van der Waals surface area contributed by atoms with E-state index in [1.807, 2.05) is 0 Å². The molecule has 1 heterocycles. The van der Waals surface area contributed by atoms with Crippen LogP contribution in [0.15, 0.2) is 18.2 Å². The van der Waals surface area contributed by atoms with Gasteiger partial charge in [0, 0.05) is 12.1 Å². The maximum Gasteiger partial charge on any atom is 0.320 e. The van der Waals surface area contributed by atoms with Gasteiger partial charge < -0.3 is 16.6 Å². The van der Waals surface area contributed by atoms with Gasteiger partial charge in [0.15, 0.2) is 0 Å². The van der Waals surface area contributed by atoms with Crippen molar-refractivity contribution in [2.75, 3.05) is 5.73 Å². The highest BCUT2D eigenvalue weighted by Crippen LogP contribution is 2.02. The summed E-state index contributed by atoms with van der Waals surface area (Å²) < 4.78 is 0. The fourth-order valence-corrected chi connectivity index (χ4v) is 0.924. The minimum Gasteiger partial charge on any atom is -0.480 e. The maximum absolute atomic E-state index is 10.4. The van der Waals surface area contributed by atoms with Crippen LogP contribution in [0.3, 0.4) is 0 Å². The van der Waals surface area contributed by atoms with Crippen LogP contribution in [0.5, 0.6) is 0 Å². The second kappa shape index (κ2) is 3.86. The SMILES string of the molecule is Nc1cccc(C[C@@H](N)C(=O)O)n1. The topological polar surface area (TPSA) is 102 Å². The van der Waals surface area contributed by atoms with E-state index < -0.39 is 12.0 Å². The molecule has 0 fully saturated rings. The summed E-state index contributed by atoms with van der Waals surface area (Å²) in [5, 5.41) is 8.53. The van der Waals surface area contributed by atoms with Crippen molar-refractivity contribution in [2.24, 2.45) is 5.73 Å². The average Bonchev–Trinajstić information content (AvgIpc) is 2.04. The molecule has 1 atom stereocenters. The van der Waals surface area contributed by atoms with E-state index >= 15 is 0 Å². The molecule has 70 valence electrons. The minimum absolute atomic E-state index is 0.195. The Bertz CT molecular complexity index is 314. The summed E-state index contributed by atoms with van der Waals surface area (Å²) in [6.45, 7) is 0. The molecular weight excluding hydrogens is 170 g/mol. The number of carboxylic acid groups (broad SMARTS) is 1. The van der Waals surface area contributed by atoms with Crippen molar-refractivity contribution < 1.29 is 9.90 Å². The summed E-state index contributed by atoms with van der Waals surface area (Å²) in [5.41, 5.74) is 11.3. The van der Waals surface area contributed by atoms with Crippen LogP contribution < -0.4 is 11.5 Å². The van der Waals surface area contributed by atoms with Crippen molar-refractivity contribution in [1.82, 2.24) is 4.98 Å². The number of nitrogen functional groups attached to an aromatic ring is 1. The van der Waals surface area contributed by atoms with Crippen molar-refractivity contribution in [3.63, 3.8) is 0 Å². The second-order valence-electron chi connectivity index (χ2n) is 2.70. The predicted molar refractivity (Wildman–Crippen MR) is 48.0 cm³/mol. The molecule has 0 saturated heterocycles. The number of pyridine rings is 1. The lowest BCUT2D eigenvalue weighted by Crippen LogP contribution is -2.32. The third-order valence-corrected chi connectivity index (χ3v) is 1.57. The second-order valence-corrected chi connectivity index (χ2v) is 2.70. The molecule has 1 rings (SSSR count). The number of aromatic nitrogens is 1. The summed E-state index contributed by atoms with van der Waals surface area (Å²) in [5.74, 6) is -0.667. The maximum atomic E-state index is 10.4. The van der Waals surface area contributed by atoms with Gasteiger partial charge in [0.2, 0.25) is 0 Å². The van der Waals surface area contributed by atoms with Gasteiger partial charge in [-0.05, 0) is 12.1 Å². The molecule has 0 unspecified atom stereocenters.